The fourth-order valence-corrected chi connectivity index (χ4v) is 3.28. The summed E-state index contributed by atoms with van der Waals surface area (Å²) in [5.41, 5.74) is 0. The highest BCUT2D eigenvalue weighted by Crippen LogP contribution is 2.06. The number of nitrogens with one attached hydrogen (secondary N) is 1. The molecule has 0 aromatic heterocycles. The maximum atomic E-state index is 12.4. The third kappa shape index (κ3) is 8.95. The quantitative estimate of drug-likeness (QED) is 0.297. The first-order chi connectivity index (χ1) is 12.5. The summed E-state index contributed by atoms with van der Waals surface area (Å²) in [4.78, 5) is 26.0. The van der Waals surface area contributed by atoms with Crippen molar-refractivity contribution in [2.75, 3.05) is 72.5 Å². The van der Waals surface area contributed by atoms with Crippen LogP contribution in [-0.4, -0.2) is 110 Å². The van der Waals surface area contributed by atoms with Crippen LogP contribution in [0.15, 0.2) is 4.99 Å². The number of guanidine groups is 1. The van der Waals surface area contributed by atoms with E-state index in [2.05, 4.69) is 35.9 Å². The minimum absolute atomic E-state index is 0. The molecule has 1 amide bonds. The van der Waals surface area contributed by atoms with E-state index in [-0.39, 0.29) is 29.9 Å². The van der Waals surface area contributed by atoms with Crippen LogP contribution in [0.25, 0.3) is 0 Å². The maximum Gasteiger partial charge on any atom is 0.242 e. The predicted octanol–water partition coefficient (Wildman–Crippen LogP) is 1.40. The molecule has 0 aliphatic carbocycles. The van der Waals surface area contributed by atoms with Crippen molar-refractivity contribution in [3.63, 3.8) is 0 Å². The van der Waals surface area contributed by atoms with E-state index in [1.54, 1.807) is 0 Å². The lowest BCUT2D eigenvalue weighted by Gasteiger charge is -2.37. The Morgan fingerprint density at radius 1 is 1.11 bits per heavy atom. The molecule has 0 spiro atoms. The first kappa shape index (κ1) is 26.4. The Morgan fingerprint density at radius 3 is 2.19 bits per heavy atom. The molecule has 0 aromatic rings. The highest BCUT2D eigenvalue weighted by molar-refractivity contribution is 14.0. The fraction of sp³-hybridized carbons (Fsp3) is 0.895. The van der Waals surface area contributed by atoms with Gasteiger partial charge in [0.25, 0.3) is 0 Å². The normalized spacial score (nSPS) is 17.2. The van der Waals surface area contributed by atoms with Crippen molar-refractivity contribution in [2.45, 2.75) is 40.7 Å². The zero-order valence-corrected chi connectivity index (χ0v) is 20.5. The van der Waals surface area contributed by atoms with Gasteiger partial charge in [-0.15, -0.1) is 24.0 Å². The summed E-state index contributed by atoms with van der Waals surface area (Å²) in [5.74, 6) is 0.957. The molecule has 1 aliphatic heterocycles. The number of aliphatic imine (C=N–C) groups is 1. The molecular weight excluding hydrogens is 455 g/mol. The lowest BCUT2D eigenvalue weighted by Crippen LogP contribution is -2.50. The third-order valence-electron chi connectivity index (χ3n) is 5.17. The second kappa shape index (κ2) is 14.4. The Kier molecular flexibility index (Phi) is 14.1. The van der Waals surface area contributed by atoms with Crippen molar-refractivity contribution < 1.29 is 4.79 Å². The van der Waals surface area contributed by atoms with Gasteiger partial charge in [-0.2, -0.15) is 0 Å². The summed E-state index contributed by atoms with van der Waals surface area (Å²) in [5, 5.41) is 3.32. The number of carbonyl (C=O) groups excluding carboxylic acids is 1. The monoisotopic (exact) mass is 496 g/mol. The van der Waals surface area contributed by atoms with Gasteiger partial charge in [-0.1, -0.05) is 6.92 Å². The van der Waals surface area contributed by atoms with Crippen LogP contribution in [0.4, 0.5) is 0 Å². The number of rotatable bonds is 9. The van der Waals surface area contributed by atoms with Gasteiger partial charge < -0.3 is 20.0 Å². The SMILES string of the molecule is CCNC(=NCC(C)N1CCN(CC)CC1)N(C)CC(=O)N(CC)CC.I. The molecule has 1 fully saturated rings. The number of hydrogen-bond donors (Lipinski definition) is 1. The molecule has 8 heteroatoms. The van der Waals surface area contributed by atoms with E-state index in [0.29, 0.717) is 12.6 Å². The van der Waals surface area contributed by atoms with Gasteiger partial charge in [0.05, 0.1) is 13.1 Å². The Balaban J connectivity index is 0.00000676. The van der Waals surface area contributed by atoms with E-state index in [1.165, 1.54) is 0 Å². The largest absolute Gasteiger partial charge is 0.357 e. The van der Waals surface area contributed by atoms with Crippen molar-refractivity contribution in [3.05, 3.63) is 0 Å². The van der Waals surface area contributed by atoms with Crippen LogP contribution in [0.2, 0.25) is 0 Å². The van der Waals surface area contributed by atoms with Crippen LogP contribution in [-0.2, 0) is 4.79 Å². The van der Waals surface area contributed by atoms with Crippen LogP contribution in [0.3, 0.4) is 0 Å². The molecule has 1 heterocycles. The maximum absolute atomic E-state index is 12.4. The molecule has 160 valence electrons. The summed E-state index contributed by atoms with van der Waals surface area (Å²) < 4.78 is 0. The van der Waals surface area contributed by atoms with Crippen molar-refractivity contribution >= 4 is 35.8 Å². The average Bonchev–Trinajstić information content (AvgIpc) is 2.65. The smallest absolute Gasteiger partial charge is 0.242 e. The topological polar surface area (TPSA) is 54.4 Å². The highest BCUT2D eigenvalue weighted by atomic mass is 127. The van der Waals surface area contributed by atoms with Gasteiger partial charge in [-0.3, -0.25) is 14.7 Å². The molecule has 1 aliphatic rings. The summed E-state index contributed by atoms with van der Waals surface area (Å²) in [7, 11) is 1.94. The molecular formula is C19H41IN6O. The number of piperazine rings is 1. The van der Waals surface area contributed by atoms with Crippen molar-refractivity contribution in [1.29, 1.82) is 0 Å². The van der Waals surface area contributed by atoms with E-state index in [9.17, 15) is 4.79 Å². The van der Waals surface area contributed by atoms with E-state index in [4.69, 9.17) is 4.99 Å². The minimum atomic E-state index is 0. The van der Waals surface area contributed by atoms with Crippen LogP contribution in [0.1, 0.15) is 34.6 Å². The molecule has 1 saturated heterocycles. The Bertz CT molecular complexity index is 436. The van der Waals surface area contributed by atoms with Gasteiger partial charge in [0.2, 0.25) is 5.91 Å². The van der Waals surface area contributed by atoms with Crippen molar-refractivity contribution in [3.8, 4) is 0 Å². The molecule has 1 atom stereocenters. The zero-order chi connectivity index (χ0) is 19.5. The van der Waals surface area contributed by atoms with Crippen LogP contribution >= 0.6 is 24.0 Å². The van der Waals surface area contributed by atoms with Gasteiger partial charge in [-0.25, -0.2) is 0 Å². The second-order valence-corrected chi connectivity index (χ2v) is 6.94. The number of hydrogen-bond acceptors (Lipinski definition) is 4. The molecule has 7 nitrogen and oxygen atoms in total. The number of carbonyl (C=O) groups is 1. The van der Waals surface area contributed by atoms with Crippen LogP contribution in [0.5, 0.6) is 0 Å². The average molecular weight is 496 g/mol. The summed E-state index contributed by atoms with van der Waals surface area (Å²) >= 11 is 0. The molecule has 0 bridgehead atoms. The van der Waals surface area contributed by atoms with Crippen LogP contribution in [0, 0.1) is 0 Å². The standard InChI is InChI=1S/C19H40N6O.HI/c1-7-20-19(22(6)16-18(26)24(9-3)10-4)21-15-17(5)25-13-11-23(8-2)12-14-25;/h17H,7-16H2,1-6H3,(H,20,21);1H. The van der Waals surface area contributed by atoms with Gasteiger partial charge in [0, 0.05) is 58.9 Å². The second-order valence-electron chi connectivity index (χ2n) is 6.94. The number of nitrogens with zero attached hydrogens (tertiary/aromatic N) is 5. The Hall–Kier alpha value is -0.610. The number of likely N-dealkylation sites (N-methyl/N-ethyl adjacent to an activating group) is 3. The van der Waals surface area contributed by atoms with Crippen molar-refractivity contribution in [2.24, 2.45) is 4.99 Å². The third-order valence-corrected chi connectivity index (χ3v) is 5.17. The van der Waals surface area contributed by atoms with E-state index < -0.39 is 0 Å². The molecule has 0 saturated carbocycles. The lowest BCUT2D eigenvalue weighted by atomic mass is 10.2. The minimum Gasteiger partial charge on any atom is -0.357 e. The van der Waals surface area contributed by atoms with Crippen LogP contribution < -0.4 is 5.32 Å². The van der Waals surface area contributed by atoms with Gasteiger partial charge >= 0.3 is 0 Å². The number of amides is 1. The first-order valence-electron chi connectivity index (χ1n) is 10.2. The first-order valence-corrected chi connectivity index (χ1v) is 10.2. The van der Waals surface area contributed by atoms with Gasteiger partial charge in [0.15, 0.2) is 5.96 Å². The molecule has 1 rings (SSSR count). The lowest BCUT2D eigenvalue weighted by molar-refractivity contribution is -0.131. The van der Waals surface area contributed by atoms with E-state index >= 15 is 0 Å². The summed E-state index contributed by atoms with van der Waals surface area (Å²) in [6, 6.07) is 0.412. The number of halogens is 1. The Labute approximate surface area is 183 Å². The van der Waals surface area contributed by atoms with E-state index in [0.717, 1.165) is 64.9 Å². The summed E-state index contributed by atoms with van der Waals surface area (Å²) in [6.45, 7) is 19.6. The molecule has 0 radical (unpaired) electrons. The van der Waals surface area contributed by atoms with Gasteiger partial charge in [0.1, 0.15) is 0 Å². The Morgan fingerprint density at radius 2 is 1.70 bits per heavy atom. The van der Waals surface area contributed by atoms with E-state index in [1.807, 2.05) is 30.7 Å². The zero-order valence-electron chi connectivity index (χ0n) is 18.2. The fourth-order valence-electron chi connectivity index (χ4n) is 3.28. The molecule has 0 aromatic carbocycles. The molecule has 27 heavy (non-hydrogen) atoms. The highest BCUT2D eigenvalue weighted by Gasteiger charge is 2.20. The van der Waals surface area contributed by atoms with Crippen molar-refractivity contribution in [1.82, 2.24) is 24.9 Å². The molecule has 1 N–H and O–H groups in total. The summed E-state index contributed by atoms with van der Waals surface area (Å²) in [6.07, 6.45) is 0. The van der Waals surface area contributed by atoms with Gasteiger partial charge in [-0.05, 0) is 34.2 Å². The molecule has 1 unspecified atom stereocenters. The predicted molar refractivity (Wildman–Crippen MR) is 125 cm³/mol.